The summed E-state index contributed by atoms with van der Waals surface area (Å²) in [6.45, 7) is 4.38. The molecular formula is C16H18F3NO5. The van der Waals surface area contributed by atoms with E-state index in [4.69, 9.17) is 14.6 Å². The fourth-order valence-corrected chi connectivity index (χ4v) is 1.78. The van der Waals surface area contributed by atoms with E-state index in [2.05, 4.69) is 11.9 Å². The van der Waals surface area contributed by atoms with Crippen molar-refractivity contribution in [1.82, 2.24) is 5.32 Å². The molecule has 2 N–H and O–H groups in total. The van der Waals surface area contributed by atoms with Crippen LogP contribution in [0.2, 0.25) is 0 Å². The molecule has 0 saturated carbocycles. The normalized spacial score (nSPS) is 13.6. The van der Waals surface area contributed by atoms with E-state index in [9.17, 15) is 22.8 Å². The van der Waals surface area contributed by atoms with Gasteiger partial charge in [0.05, 0.1) is 18.8 Å². The predicted octanol–water partition coefficient (Wildman–Crippen LogP) is 2.24. The van der Waals surface area contributed by atoms with E-state index in [-0.39, 0.29) is 13.2 Å². The Morgan fingerprint density at radius 1 is 1.36 bits per heavy atom. The number of alkyl halides is 3. The van der Waals surface area contributed by atoms with Gasteiger partial charge in [0.2, 0.25) is 0 Å². The smallest absolute Gasteiger partial charge is 0.419 e. The van der Waals surface area contributed by atoms with Gasteiger partial charge < -0.3 is 19.9 Å². The molecule has 0 radical (unpaired) electrons. The molecule has 0 aliphatic carbocycles. The van der Waals surface area contributed by atoms with Crippen molar-refractivity contribution in [2.75, 3.05) is 13.2 Å². The van der Waals surface area contributed by atoms with Gasteiger partial charge in [-0.25, -0.2) is 4.79 Å². The Labute approximate surface area is 142 Å². The van der Waals surface area contributed by atoms with Crippen molar-refractivity contribution in [3.63, 3.8) is 0 Å². The van der Waals surface area contributed by atoms with E-state index in [1.54, 1.807) is 0 Å². The molecule has 0 aliphatic heterocycles. The van der Waals surface area contributed by atoms with Crippen molar-refractivity contribution in [3.8, 4) is 5.75 Å². The molecule has 0 aromatic heterocycles. The number of benzene rings is 1. The third-order valence-corrected chi connectivity index (χ3v) is 3.00. The van der Waals surface area contributed by atoms with Crippen molar-refractivity contribution in [3.05, 3.63) is 42.5 Å². The first-order chi connectivity index (χ1) is 11.7. The van der Waals surface area contributed by atoms with E-state index in [0.29, 0.717) is 0 Å². The van der Waals surface area contributed by atoms with Gasteiger partial charge in [-0.2, -0.15) is 13.2 Å². The zero-order valence-electron chi connectivity index (χ0n) is 13.4. The Morgan fingerprint density at radius 2 is 2.00 bits per heavy atom. The van der Waals surface area contributed by atoms with Crippen molar-refractivity contribution in [2.45, 2.75) is 25.2 Å². The Balaban J connectivity index is 2.76. The number of ether oxygens (including phenoxy) is 2. The summed E-state index contributed by atoms with van der Waals surface area (Å²) in [4.78, 5) is 23.1. The van der Waals surface area contributed by atoms with E-state index in [0.717, 1.165) is 12.1 Å². The minimum absolute atomic E-state index is 0.0880. The Bertz CT molecular complexity index is 618. The number of carboxylic acid groups (broad SMARTS) is 1. The number of carbonyl (C=O) groups excluding carboxylic acids is 1. The molecule has 6 nitrogen and oxygen atoms in total. The molecule has 0 aliphatic rings. The highest BCUT2D eigenvalue weighted by Gasteiger charge is 2.35. The first-order valence-corrected chi connectivity index (χ1v) is 7.21. The van der Waals surface area contributed by atoms with Crippen LogP contribution in [0.5, 0.6) is 5.75 Å². The number of para-hydroxylation sites is 1. The zero-order valence-corrected chi connectivity index (χ0v) is 13.4. The summed E-state index contributed by atoms with van der Waals surface area (Å²) >= 11 is 0. The number of carbonyl (C=O) groups is 2. The maximum absolute atomic E-state index is 12.9. The Hall–Kier alpha value is -2.55. The second-order valence-electron chi connectivity index (χ2n) is 4.98. The molecule has 0 spiro atoms. The maximum atomic E-state index is 12.9. The Morgan fingerprint density at radius 3 is 2.56 bits per heavy atom. The fraction of sp³-hybridized carbons (Fsp3) is 0.375. The van der Waals surface area contributed by atoms with Crippen LogP contribution in [-0.4, -0.2) is 42.3 Å². The maximum Gasteiger partial charge on any atom is 0.419 e. The lowest BCUT2D eigenvalue weighted by Crippen LogP contribution is -2.48. The van der Waals surface area contributed by atoms with E-state index >= 15 is 0 Å². The zero-order chi connectivity index (χ0) is 19.0. The summed E-state index contributed by atoms with van der Waals surface area (Å²) in [5.41, 5.74) is -1.03. The van der Waals surface area contributed by atoms with Crippen LogP contribution >= 0.6 is 0 Å². The molecule has 0 bridgehead atoms. The van der Waals surface area contributed by atoms with Crippen LogP contribution in [0.3, 0.4) is 0 Å². The first kappa shape index (κ1) is 20.5. The average molecular weight is 361 g/mol. The monoisotopic (exact) mass is 361 g/mol. The second-order valence-corrected chi connectivity index (χ2v) is 4.98. The van der Waals surface area contributed by atoms with Crippen molar-refractivity contribution < 1.29 is 37.3 Å². The van der Waals surface area contributed by atoms with Gasteiger partial charge in [-0.15, -0.1) is 6.58 Å². The average Bonchev–Trinajstić information content (AvgIpc) is 2.53. The third-order valence-electron chi connectivity index (χ3n) is 3.00. The van der Waals surface area contributed by atoms with E-state index < -0.39 is 41.5 Å². The molecule has 0 saturated heterocycles. The molecule has 9 heteroatoms. The van der Waals surface area contributed by atoms with Crippen LogP contribution in [0.25, 0.3) is 0 Å². The molecule has 138 valence electrons. The molecule has 1 aromatic rings. The van der Waals surface area contributed by atoms with Gasteiger partial charge in [0, 0.05) is 0 Å². The number of aliphatic carboxylic acids is 1. The van der Waals surface area contributed by atoms with Crippen LogP contribution < -0.4 is 10.1 Å². The minimum atomic E-state index is -4.64. The summed E-state index contributed by atoms with van der Waals surface area (Å²) in [5.74, 6) is -2.75. The van der Waals surface area contributed by atoms with Gasteiger partial charge in [-0.1, -0.05) is 18.2 Å². The highest BCUT2D eigenvalue weighted by Crippen LogP contribution is 2.36. The van der Waals surface area contributed by atoms with Crippen LogP contribution in [0, 0.1) is 0 Å². The molecule has 1 amide bonds. The fourth-order valence-electron chi connectivity index (χ4n) is 1.78. The van der Waals surface area contributed by atoms with Crippen molar-refractivity contribution in [2.24, 2.45) is 0 Å². The SMILES string of the molecule is C=CCOCC(NC(=O)C(C)Oc1ccccc1C(F)(F)F)C(=O)O. The van der Waals surface area contributed by atoms with Gasteiger partial charge in [0.1, 0.15) is 5.75 Å². The quantitative estimate of drug-likeness (QED) is 0.521. The lowest BCUT2D eigenvalue weighted by molar-refractivity contribution is -0.145. The van der Waals surface area contributed by atoms with Crippen LogP contribution in [0.4, 0.5) is 13.2 Å². The molecule has 1 aromatic carbocycles. The van der Waals surface area contributed by atoms with Gasteiger partial charge in [0.25, 0.3) is 5.91 Å². The molecule has 0 heterocycles. The van der Waals surface area contributed by atoms with Crippen molar-refractivity contribution >= 4 is 11.9 Å². The minimum Gasteiger partial charge on any atom is -0.480 e. The van der Waals surface area contributed by atoms with Gasteiger partial charge in [0.15, 0.2) is 12.1 Å². The molecule has 25 heavy (non-hydrogen) atoms. The van der Waals surface area contributed by atoms with E-state index in [1.165, 1.54) is 25.1 Å². The lowest BCUT2D eigenvalue weighted by Gasteiger charge is -2.20. The number of hydrogen-bond donors (Lipinski definition) is 2. The van der Waals surface area contributed by atoms with E-state index in [1.807, 2.05) is 0 Å². The number of carboxylic acids is 1. The first-order valence-electron chi connectivity index (χ1n) is 7.21. The van der Waals surface area contributed by atoms with Crippen LogP contribution in [0.1, 0.15) is 12.5 Å². The van der Waals surface area contributed by atoms with Crippen LogP contribution in [0.15, 0.2) is 36.9 Å². The van der Waals surface area contributed by atoms with Gasteiger partial charge >= 0.3 is 12.1 Å². The number of rotatable bonds is 9. The van der Waals surface area contributed by atoms with Gasteiger partial charge in [-0.3, -0.25) is 4.79 Å². The summed E-state index contributed by atoms with van der Waals surface area (Å²) < 4.78 is 48.7. The predicted molar refractivity (Wildman–Crippen MR) is 82.1 cm³/mol. The highest BCUT2D eigenvalue weighted by molar-refractivity contribution is 5.86. The largest absolute Gasteiger partial charge is 0.480 e. The third kappa shape index (κ3) is 6.46. The lowest BCUT2D eigenvalue weighted by atomic mass is 10.2. The summed E-state index contributed by atoms with van der Waals surface area (Å²) in [6, 6.07) is 3.06. The Kier molecular flexibility index (Phi) is 7.43. The standard InChI is InChI=1S/C16H18F3NO5/c1-3-8-24-9-12(15(22)23)20-14(21)10(2)25-13-7-5-4-6-11(13)16(17,18)19/h3-7,10,12H,1,8-9H2,2H3,(H,20,21)(H,22,23). The number of halogens is 3. The number of hydrogen-bond acceptors (Lipinski definition) is 4. The molecule has 1 rings (SSSR count). The number of amides is 1. The number of nitrogens with one attached hydrogen (secondary N) is 1. The van der Waals surface area contributed by atoms with Gasteiger partial charge in [-0.05, 0) is 19.1 Å². The molecular weight excluding hydrogens is 343 g/mol. The van der Waals surface area contributed by atoms with Crippen molar-refractivity contribution in [1.29, 1.82) is 0 Å². The summed E-state index contributed by atoms with van der Waals surface area (Å²) in [7, 11) is 0. The second kappa shape index (κ2) is 9.07. The molecule has 0 fully saturated rings. The molecule has 2 atom stereocenters. The summed E-state index contributed by atoms with van der Waals surface area (Å²) in [5, 5.41) is 11.2. The topological polar surface area (TPSA) is 84.9 Å². The highest BCUT2D eigenvalue weighted by atomic mass is 19.4. The summed E-state index contributed by atoms with van der Waals surface area (Å²) in [6.07, 6.45) is -4.58. The van der Waals surface area contributed by atoms with Crippen LogP contribution in [-0.2, 0) is 20.5 Å². The molecule has 2 unspecified atom stereocenters.